The predicted molar refractivity (Wildman–Crippen MR) is 120 cm³/mol. The largest absolute Gasteiger partial charge is 0.385 e. The molecule has 3 aromatic rings. The molecule has 5 rings (SSSR count). The van der Waals surface area contributed by atoms with Crippen molar-refractivity contribution in [3.8, 4) is 0 Å². The second kappa shape index (κ2) is 8.40. The molecule has 1 fully saturated rings. The molecule has 4 heterocycles. The van der Waals surface area contributed by atoms with Crippen molar-refractivity contribution < 1.29 is 24.5 Å². The molecular formula is C22H25N7O5. The summed E-state index contributed by atoms with van der Waals surface area (Å²) >= 11 is 0. The van der Waals surface area contributed by atoms with Crippen molar-refractivity contribution in [1.82, 2.24) is 29.3 Å². The molecule has 12 heteroatoms. The molecule has 2 aliphatic rings. The van der Waals surface area contributed by atoms with Crippen molar-refractivity contribution in [2.24, 2.45) is 0 Å². The molecule has 2 amide bonds. The van der Waals surface area contributed by atoms with Crippen LogP contribution >= 0.6 is 0 Å². The van der Waals surface area contributed by atoms with Crippen molar-refractivity contribution in [3.63, 3.8) is 0 Å². The van der Waals surface area contributed by atoms with Crippen LogP contribution in [0.25, 0.3) is 11.2 Å². The van der Waals surface area contributed by atoms with E-state index in [0.29, 0.717) is 41.8 Å². The normalized spacial score (nSPS) is 24.5. The number of likely N-dealkylation sites (N-methyl/N-ethyl adjacent to an activating group) is 1. The molecule has 4 N–H and O–H groups in total. The molecule has 1 aromatic carbocycles. The molecule has 0 saturated carbocycles. The maximum Gasteiger partial charge on any atom is 0.261 e. The summed E-state index contributed by atoms with van der Waals surface area (Å²) in [6.07, 6.45) is 1.25. The van der Waals surface area contributed by atoms with Gasteiger partial charge in [0.1, 0.15) is 24.1 Å². The minimum Gasteiger partial charge on any atom is -0.385 e. The van der Waals surface area contributed by atoms with E-state index in [9.17, 15) is 19.8 Å². The Hall–Kier alpha value is -3.45. The summed E-state index contributed by atoms with van der Waals surface area (Å²) in [5.74, 6) is -0.380. The quantitative estimate of drug-likeness (QED) is 0.384. The summed E-state index contributed by atoms with van der Waals surface area (Å²) < 4.78 is 7.08. The van der Waals surface area contributed by atoms with Gasteiger partial charge in [-0.1, -0.05) is 12.1 Å². The van der Waals surface area contributed by atoms with Gasteiger partial charge in [0.2, 0.25) is 0 Å². The maximum absolute atomic E-state index is 12.5. The fourth-order valence-corrected chi connectivity index (χ4v) is 4.54. The Morgan fingerprint density at radius 1 is 1.21 bits per heavy atom. The van der Waals surface area contributed by atoms with Gasteiger partial charge in [0.05, 0.1) is 24.1 Å². The average Bonchev–Trinajstić information content (AvgIpc) is 3.46. The zero-order valence-corrected chi connectivity index (χ0v) is 18.5. The number of hydrogen-bond donors (Lipinski definition) is 3. The lowest BCUT2D eigenvalue weighted by Crippen LogP contribution is -2.48. The number of benzene rings is 1. The summed E-state index contributed by atoms with van der Waals surface area (Å²) in [6, 6.07) is 6.80. The first-order valence-corrected chi connectivity index (χ1v) is 10.9. The van der Waals surface area contributed by atoms with Gasteiger partial charge >= 0.3 is 0 Å². The second-order valence-corrected chi connectivity index (χ2v) is 8.64. The summed E-state index contributed by atoms with van der Waals surface area (Å²) in [5, 5.41) is 22.1. The van der Waals surface area contributed by atoms with Crippen LogP contribution in [0.5, 0.6) is 0 Å². The highest BCUT2D eigenvalue weighted by Gasteiger charge is 2.50. The minimum absolute atomic E-state index is 0.156. The SMILES string of the molecule is CN(CCCN1C(=O)c2ccccc2C1=O)C[C@H]1OC[C@](O)(n2cnc3c(N)ncnc32)[C@@H]1O. The number of nitrogen functional groups attached to an aromatic ring is 1. The molecule has 0 spiro atoms. The van der Waals surface area contributed by atoms with E-state index in [1.165, 1.54) is 22.1 Å². The van der Waals surface area contributed by atoms with Crippen LogP contribution in [0.3, 0.4) is 0 Å². The van der Waals surface area contributed by atoms with Crippen molar-refractivity contribution in [2.75, 3.05) is 39.0 Å². The molecule has 2 aliphatic heterocycles. The molecule has 12 nitrogen and oxygen atoms in total. The summed E-state index contributed by atoms with van der Waals surface area (Å²) in [7, 11) is 1.84. The first-order chi connectivity index (χ1) is 16.3. The summed E-state index contributed by atoms with van der Waals surface area (Å²) in [5.41, 5.74) is 5.55. The Labute approximate surface area is 194 Å². The van der Waals surface area contributed by atoms with Gasteiger partial charge in [0.15, 0.2) is 17.2 Å². The number of carbonyl (C=O) groups excluding carboxylic acids is 2. The fraction of sp³-hybridized carbons (Fsp3) is 0.409. The number of carbonyl (C=O) groups is 2. The number of aliphatic hydroxyl groups excluding tert-OH is 1. The lowest BCUT2D eigenvalue weighted by atomic mass is 10.0. The molecule has 1 saturated heterocycles. The number of amides is 2. The Balaban J connectivity index is 1.18. The highest BCUT2D eigenvalue weighted by molar-refractivity contribution is 6.21. The monoisotopic (exact) mass is 467 g/mol. The van der Waals surface area contributed by atoms with Crippen LogP contribution in [-0.2, 0) is 10.5 Å². The number of nitrogens with zero attached hydrogens (tertiary/aromatic N) is 6. The number of aliphatic hydroxyl groups is 2. The topological polar surface area (TPSA) is 160 Å². The standard InChI is InChI=1S/C22H25N7O5/c1-27(7-4-8-28-20(31)13-5-2-3-6-14(13)21(28)32)9-15-17(30)22(33,10-34-15)29-12-26-16-18(23)24-11-25-19(16)29/h2-3,5-6,11-12,15,17,30,33H,4,7-10H2,1H3,(H2,23,24,25)/t15-,17-,22-/m1/s1. The number of imide groups is 1. The Morgan fingerprint density at radius 2 is 1.91 bits per heavy atom. The Kier molecular flexibility index (Phi) is 5.52. The molecule has 178 valence electrons. The van der Waals surface area contributed by atoms with Crippen molar-refractivity contribution in [2.45, 2.75) is 24.4 Å². The number of hydrogen-bond acceptors (Lipinski definition) is 10. The van der Waals surface area contributed by atoms with Gasteiger partial charge in [0, 0.05) is 13.1 Å². The van der Waals surface area contributed by atoms with Gasteiger partial charge in [-0.05, 0) is 32.1 Å². The van der Waals surface area contributed by atoms with Crippen molar-refractivity contribution in [3.05, 3.63) is 48.0 Å². The third-order valence-corrected chi connectivity index (χ3v) is 6.41. The van der Waals surface area contributed by atoms with E-state index in [4.69, 9.17) is 10.5 Å². The van der Waals surface area contributed by atoms with Crippen LogP contribution in [0.15, 0.2) is 36.9 Å². The van der Waals surface area contributed by atoms with E-state index in [-0.39, 0.29) is 30.8 Å². The van der Waals surface area contributed by atoms with Crippen LogP contribution < -0.4 is 5.73 Å². The highest BCUT2D eigenvalue weighted by atomic mass is 16.5. The van der Waals surface area contributed by atoms with Crippen LogP contribution in [0.4, 0.5) is 5.82 Å². The second-order valence-electron chi connectivity index (χ2n) is 8.64. The molecule has 3 atom stereocenters. The Morgan fingerprint density at radius 3 is 2.62 bits per heavy atom. The Bertz CT molecular complexity index is 1230. The zero-order chi connectivity index (χ0) is 24.0. The van der Waals surface area contributed by atoms with Gasteiger partial charge in [-0.3, -0.25) is 19.1 Å². The highest BCUT2D eigenvalue weighted by Crippen LogP contribution is 2.32. The number of anilines is 1. The number of imidazole rings is 1. The number of aromatic nitrogens is 4. The smallest absolute Gasteiger partial charge is 0.261 e. The van der Waals surface area contributed by atoms with E-state index < -0.39 is 17.9 Å². The molecule has 34 heavy (non-hydrogen) atoms. The van der Waals surface area contributed by atoms with Crippen molar-refractivity contribution in [1.29, 1.82) is 0 Å². The van der Waals surface area contributed by atoms with Gasteiger partial charge in [-0.15, -0.1) is 0 Å². The van der Waals surface area contributed by atoms with Gasteiger partial charge < -0.3 is 25.6 Å². The first kappa shape index (κ1) is 22.3. The minimum atomic E-state index is -1.76. The van der Waals surface area contributed by atoms with Gasteiger partial charge in [-0.2, -0.15) is 0 Å². The number of ether oxygens (including phenoxy) is 1. The summed E-state index contributed by atoms with van der Waals surface area (Å²) in [6.45, 7) is 1.01. The zero-order valence-electron chi connectivity index (χ0n) is 18.5. The lowest BCUT2D eigenvalue weighted by molar-refractivity contribution is -0.108. The third-order valence-electron chi connectivity index (χ3n) is 6.41. The van der Waals surface area contributed by atoms with Crippen LogP contribution in [0.1, 0.15) is 27.1 Å². The van der Waals surface area contributed by atoms with E-state index in [1.807, 2.05) is 11.9 Å². The molecule has 0 radical (unpaired) electrons. The van der Waals surface area contributed by atoms with E-state index in [1.54, 1.807) is 24.3 Å². The van der Waals surface area contributed by atoms with Crippen LogP contribution in [0.2, 0.25) is 0 Å². The maximum atomic E-state index is 12.5. The molecule has 0 unspecified atom stereocenters. The third kappa shape index (κ3) is 3.51. The molecule has 2 aromatic heterocycles. The van der Waals surface area contributed by atoms with E-state index >= 15 is 0 Å². The predicted octanol–water partition coefficient (Wildman–Crippen LogP) is -0.569. The van der Waals surface area contributed by atoms with Gasteiger partial charge in [0.25, 0.3) is 11.8 Å². The fourth-order valence-electron chi connectivity index (χ4n) is 4.54. The molecule has 0 bridgehead atoms. The van der Waals surface area contributed by atoms with Gasteiger partial charge in [-0.25, -0.2) is 15.0 Å². The number of fused-ring (bicyclic) bond motifs is 2. The average molecular weight is 467 g/mol. The van der Waals surface area contributed by atoms with E-state index in [0.717, 1.165) is 0 Å². The summed E-state index contributed by atoms with van der Waals surface area (Å²) in [4.78, 5) is 40.3. The number of rotatable bonds is 7. The number of nitrogens with two attached hydrogens (primary N) is 1. The first-order valence-electron chi connectivity index (χ1n) is 10.9. The molecular weight excluding hydrogens is 442 g/mol. The van der Waals surface area contributed by atoms with Crippen LogP contribution in [-0.4, -0.2) is 96.8 Å². The lowest BCUT2D eigenvalue weighted by Gasteiger charge is -2.29. The van der Waals surface area contributed by atoms with Crippen molar-refractivity contribution >= 4 is 28.8 Å². The van der Waals surface area contributed by atoms with E-state index in [2.05, 4.69) is 15.0 Å². The molecule has 0 aliphatic carbocycles. The van der Waals surface area contributed by atoms with Crippen LogP contribution in [0, 0.1) is 0 Å².